The lowest BCUT2D eigenvalue weighted by molar-refractivity contribution is 0.440. The van der Waals surface area contributed by atoms with Gasteiger partial charge in [0, 0.05) is 6.07 Å². The van der Waals surface area contributed by atoms with Crippen LogP contribution in [0, 0.1) is 5.82 Å². The Balaban J connectivity index is 2.26. The van der Waals surface area contributed by atoms with Crippen molar-refractivity contribution in [2.75, 3.05) is 4.72 Å². The summed E-state index contributed by atoms with van der Waals surface area (Å²) in [4.78, 5) is -0.196. The Kier molecular flexibility index (Phi) is 4.33. The fraction of sp³-hybridized carbons (Fsp3) is 0. The lowest BCUT2D eigenvalue weighted by Crippen LogP contribution is -2.13. The molecule has 0 fully saturated rings. The zero-order chi connectivity index (χ0) is 16.4. The molecule has 0 aliphatic carbocycles. The number of hydrogen-bond acceptors (Lipinski definition) is 5. The van der Waals surface area contributed by atoms with E-state index in [0.717, 1.165) is 36.4 Å². The van der Waals surface area contributed by atoms with E-state index in [0.29, 0.717) is 0 Å². The van der Waals surface area contributed by atoms with Crippen LogP contribution in [0.1, 0.15) is 0 Å². The van der Waals surface area contributed by atoms with Crippen LogP contribution in [-0.4, -0.2) is 16.8 Å². The third kappa shape index (κ3) is 4.40. The van der Waals surface area contributed by atoms with Gasteiger partial charge in [-0.3, -0.25) is 4.72 Å². The Morgan fingerprint density at radius 3 is 2.18 bits per heavy atom. The van der Waals surface area contributed by atoms with Crippen molar-refractivity contribution in [2.45, 2.75) is 4.90 Å². The van der Waals surface area contributed by atoms with Gasteiger partial charge >= 0.3 is 10.5 Å². The minimum absolute atomic E-state index is 0.0505. The molecule has 0 amide bonds. The molecule has 0 spiro atoms. The van der Waals surface area contributed by atoms with Gasteiger partial charge in [-0.25, -0.2) is 12.8 Å². The summed E-state index contributed by atoms with van der Waals surface area (Å²) in [5.41, 5.74) is -0.0505. The molecule has 1 N–H and O–H groups in total. The Labute approximate surface area is 125 Å². The fourth-order valence-electron chi connectivity index (χ4n) is 1.55. The molecule has 0 saturated carbocycles. The second-order valence-corrected chi connectivity index (χ2v) is 6.70. The zero-order valence-corrected chi connectivity index (χ0v) is 12.4. The molecule has 0 unspecified atom stereocenters. The number of halogens is 2. The van der Waals surface area contributed by atoms with E-state index >= 15 is 0 Å². The van der Waals surface area contributed by atoms with Gasteiger partial charge < -0.3 is 4.18 Å². The van der Waals surface area contributed by atoms with E-state index in [1.165, 1.54) is 12.1 Å². The second kappa shape index (κ2) is 5.89. The molecule has 2 aromatic carbocycles. The first-order chi connectivity index (χ1) is 10.2. The van der Waals surface area contributed by atoms with Crippen LogP contribution in [0.3, 0.4) is 0 Å². The lowest BCUT2D eigenvalue weighted by atomic mass is 10.3. The predicted molar refractivity (Wildman–Crippen MR) is 74.3 cm³/mol. The third-order valence-corrected chi connectivity index (χ3v) is 4.19. The van der Waals surface area contributed by atoms with E-state index in [2.05, 4.69) is 8.91 Å². The first-order valence-corrected chi connectivity index (χ1v) is 8.47. The van der Waals surface area contributed by atoms with E-state index < -0.39 is 32.1 Å². The van der Waals surface area contributed by atoms with Crippen molar-refractivity contribution >= 4 is 26.2 Å². The summed E-state index contributed by atoms with van der Waals surface area (Å²) in [6.07, 6.45) is 0. The summed E-state index contributed by atoms with van der Waals surface area (Å²) in [6.45, 7) is 0. The molecule has 0 aliphatic rings. The highest BCUT2D eigenvalue weighted by Crippen LogP contribution is 2.22. The van der Waals surface area contributed by atoms with Gasteiger partial charge in [0.2, 0.25) is 0 Å². The number of anilines is 1. The van der Waals surface area contributed by atoms with Gasteiger partial charge in [0.15, 0.2) is 0 Å². The average Bonchev–Trinajstić information content (AvgIpc) is 2.37. The van der Waals surface area contributed by atoms with Crippen molar-refractivity contribution in [1.29, 1.82) is 0 Å². The van der Waals surface area contributed by atoms with E-state index in [1.54, 1.807) is 0 Å². The second-order valence-electron chi connectivity index (χ2n) is 4.06. The van der Waals surface area contributed by atoms with Crippen LogP contribution < -0.4 is 8.91 Å². The molecule has 0 aromatic heterocycles. The number of benzene rings is 2. The van der Waals surface area contributed by atoms with E-state index in [4.69, 9.17) is 0 Å². The quantitative estimate of drug-likeness (QED) is 0.836. The molecule has 0 radical (unpaired) electrons. The fourth-order valence-corrected chi connectivity index (χ4v) is 2.94. The van der Waals surface area contributed by atoms with E-state index in [9.17, 15) is 25.1 Å². The maximum Gasteiger partial charge on any atom is 0.488 e. The number of nitrogens with one attached hydrogen (secondary N) is 1. The first-order valence-electron chi connectivity index (χ1n) is 5.68. The van der Waals surface area contributed by atoms with Crippen LogP contribution >= 0.6 is 0 Å². The Morgan fingerprint density at radius 2 is 1.59 bits per heavy atom. The highest BCUT2D eigenvalue weighted by atomic mass is 32.3. The number of rotatable bonds is 5. The average molecular weight is 349 g/mol. The van der Waals surface area contributed by atoms with Gasteiger partial charge in [0.05, 0.1) is 10.6 Å². The summed E-state index contributed by atoms with van der Waals surface area (Å²) in [7, 11) is -9.22. The molecule has 2 aromatic rings. The van der Waals surface area contributed by atoms with Gasteiger partial charge in [-0.15, -0.1) is 0 Å². The Bertz CT molecular complexity index is 880. The van der Waals surface area contributed by atoms with E-state index in [1.807, 2.05) is 0 Å². The van der Waals surface area contributed by atoms with Gasteiger partial charge in [0.1, 0.15) is 11.6 Å². The largest absolute Gasteiger partial charge is 0.488 e. The maximum absolute atomic E-state index is 12.8. The van der Waals surface area contributed by atoms with Crippen molar-refractivity contribution in [3.8, 4) is 5.75 Å². The molecule has 22 heavy (non-hydrogen) atoms. The third-order valence-electron chi connectivity index (χ3n) is 2.41. The topological polar surface area (TPSA) is 89.5 Å². The molecular formula is C12H9F2NO5S2. The van der Waals surface area contributed by atoms with Gasteiger partial charge in [-0.05, 0) is 36.4 Å². The summed E-state index contributed by atoms with van der Waals surface area (Å²) in [5, 5.41) is 0. The molecule has 0 heterocycles. The minimum Gasteiger partial charge on any atom is -0.358 e. The van der Waals surface area contributed by atoms with Gasteiger partial charge in [-0.2, -0.15) is 8.42 Å². The van der Waals surface area contributed by atoms with E-state index in [-0.39, 0.29) is 10.6 Å². The van der Waals surface area contributed by atoms with Crippen LogP contribution in [0.25, 0.3) is 0 Å². The smallest absolute Gasteiger partial charge is 0.358 e. The molecule has 10 heteroatoms. The van der Waals surface area contributed by atoms with Crippen molar-refractivity contribution in [3.63, 3.8) is 0 Å². The summed E-state index contributed by atoms with van der Waals surface area (Å²) in [5.74, 6) is -0.996. The monoisotopic (exact) mass is 349 g/mol. The van der Waals surface area contributed by atoms with Crippen LogP contribution in [0.2, 0.25) is 0 Å². The van der Waals surface area contributed by atoms with Crippen LogP contribution in [0.5, 0.6) is 5.75 Å². The molecule has 0 bridgehead atoms. The van der Waals surface area contributed by atoms with Gasteiger partial charge in [0.25, 0.3) is 10.0 Å². The predicted octanol–water partition coefficient (Wildman–Crippen LogP) is 2.22. The molecule has 2 rings (SSSR count). The van der Waals surface area contributed by atoms with Crippen molar-refractivity contribution < 1.29 is 29.3 Å². The van der Waals surface area contributed by atoms with Crippen molar-refractivity contribution in [3.05, 3.63) is 54.3 Å². The molecule has 0 saturated heterocycles. The number of hydrogen-bond donors (Lipinski definition) is 1. The Morgan fingerprint density at radius 1 is 0.955 bits per heavy atom. The molecular weight excluding hydrogens is 340 g/mol. The van der Waals surface area contributed by atoms with Crippen LogP contribution in [-0.2, 0) is 20.5 Å². The Hall–Kier alpha value is -2.20. The van der Waals surface area contributed by atoms with Crippen LogP contribution in [0.15, 0.2) is 53.4 Å². The molecule has 6 nitrogen and oxygen atoms in total. The summed E-state index contributed by atoms with van der Waals surface area (Å²) in [6, 6.07) is 8.76. The summed E-state index contributed by atoms with van der Waals surface area (Å²) >= 11 is 0. The first kappa shape index (κ1) is 16.2. The summed E-state index contributed by atoms with van der Waals surface area (Å²) < 4.78 is 76.2. The lowest BCUT2D eigenvalue weighted by Gasteiger charge is -2.09. The molecule has 0 atom stereocenters. The normalized spacial score (nSPS) is 11.9. The highest BCUT2D eigenvalue weighted by Gasteiger charge is 2.15. The van der Waals surface area contributed by atoms with Crippen LogP contribution in [0.4, 0.5) is 14.0 Å². The zero-order valence-electron chi connectivity index (χ0n) is 10.7. The van der Waals surface area contributed by atoms with Gasteiger partial charge in [-0.1, -0.05) is 9.95 Å². The minimum atomic E-state index is -5.21. The van der Waals surface area contributed by atoms with Crippen molar-refractivity contribution in [2.24, 2.45) is 0 Å². The molecule has 0 aliphatic heterocycles. The SMILES string of the molecule is O=S(=O)(F)Oc1cccc(NS(=O)(=O)c2ccc(F)cc2)c1. The maximum atomic E-state index is 12.8. The highest BCUT2D eigenvalue weighted by molar-refractivity contribution is 7.92. The molecule has 118 valence electrons. The van der Waals surface area contributed by atoms with Crippen molar-refractivity contribution in [1.82, 2.24) is 0 Å². The number of sulfonamides is 1. The standard InChI is InChI=1S/C12H9F2NO5S2/c13-9-4-6-12(7-5-9)21(16,17)15-10-2-1-3-11(8-10)20-22(14,18)19/h1-8,15H.